The lowest BCUT2D eigenvalue weighted by molar-refractivity contribution is -0.175. The summed E-state index contributed by atoms with van der Waals surface area (Å²) < 4.78 is 17.3. The van der Waals surface area contributed by atoms with Gasteiger partial charge in [-0.15, -0.1) is 0 Å². The van der Waals surface area contributed by atoms with Crippen LogP contribution in [0.3, 0.4) is 0 Å². The van der Waals surface area contributed by atoms with Crippen LogP contribution in [0.15, 0.2) is 24.0 Å². The lowest BCUT2D eigenvalue weighted by atomic mass is 9.50. The average molecular weight is 615 g/mol. The molecule has 1 aromatic rings. The number of ether oxygens (including phenoxy) is 3. The second-order valence-corrected chi connectivity index (χ2v) is 12.2. The predicted molar refractivity (Wildman–Crippen MR) is 156 cm³/mol. The zero-order valence-corrected chi connectivity index (χ0v) is 25.4. The average Bonchev–Trinajstić information content (AvgIpc) is 3.33. The molecular formula is C31H42N4O9. The Hall–Kier alpha value is -3.68. The highest BCUT2D eigenvalue weighted by atomic mass is 16.6. The van der Waals surface area contributed by atoms with Crippen molar-refractivity contribution < 1.29 is 43.6 Å². The summed E-state index contributed by atoms with van der Waals surface area (Å²) in [6.07, 6.45) is 2.50. The molecule has 44 heavy (non-hydrogen) atoms. The number of carbonyl (C=O) groups excluding carboxylic acids is 4. The third-order valence-electron chi connectivity index (χ3n) is 9.48. The lowest BCUT2D eigenvalue weighted by Gasteiger charge is -2.61. The fraction of sp³-hybridized carbons (Fsp3) is 0.613. The quantitative estimate of drug-likeness (QED) is 0.161. The van der Waals surface area contributed by atoms with E-state index in [4.69, 9.17) is 19.9 Å². The van der Waals surface area contributed by atoms with Gasteiger partial charge in [0.1, 0.15) is 11.8 Å². The van der Waals surface area contributed by atoms with Crippen molar-refractivity contribution in [1.29, 1.82) is 0 Å². The van der Waals surface area contributed by atoms with Crippen LogP contribution in [0.5, 0.6) is 11.5 Å². The Balaban J connectivity index is 1.20. The van der Waals surface area contributed by atoms with E-state index >= 15 is 0 Å². The highest BCUT2D eigenvalue weighted by Crippen LogP contribution is 2.65. The molecule has 2 aliphatic heterocycles. The van der Waals surface area contributed by atoms with E-state index in [1.807, 2.05) is 13.1 Å². The number of hydrogen-bond acceptors (Lipinski definition) is 11. The minimum Gasteiger partial charge on any atom is -0.504 e. The number of esters is 2. The van der Waals surface area contributed by atoms with E-state index in [1.165, 1.54) is 13.8 Å². The maximum absolute atomic E-state index is 13.1. The summed E-state index contributed by atoms with van der Waals surface area (Å²) in [5, 5.41) is 28.1. The summed E-state index contributed by atoms with van der Waals surface area (Å²) >= 11 is 0. The number of nitrogens with two attached hydrogens (primary N) is 1. The van der Waals surface area contributed by atoms with Gasteiger partial charge < -0.3 is 45.7 Å². The maximum atomic E-state index is 13.1. The van der Waals surface area contributed by atoms with E-state index in [9.17, 15) is 29.4 Å². The van der Waals surface area contributed by atoms with Gasteiger partial charge in [-0.25, -0.2) is 4.79 Å². The van der Waals surface area contributed by atoms with Crippen LogP contribution >= 0.6 is 0 Å². The van der Waals surface area contributed by atoms with Gasteiger partial charge in [0.05, 0.1) is 17.4 Å². The van der Waals surface area contributed by atoms with Crippen molar-refractivity contribution in [2.24, 2.45) is 5.73 Å². The number of amides is 2. The molecule has 5 rings (SSSR count). The number of nitrogens with one attached hydrogen (secondary N) is 2. The molecule has 13 heteroatoms. The van der Waals surface area contributed by atoms with Gasteiger partial charge in [0.15, 0.2) is 23.7 Å². The monoisotopic (exact) mass is 614 g/mol. The number of likely N-dealkylation sites (tertiary alicyclic amines) is 1. The van der Waals surface area contributed by atoms with Gasteiger partial charge >= 0.3 is 11.9 Å². The van der Waals surface area contributed by atoms with Gasteiger partial charge in [0, 0.05) is 31.5 Å². The van der Waals surface area contributed by atoms with Crippen LogP contribution in [-0.4, -0.2) is 95.4 Å². The molecule has 1 spiro atoms. The van der Waals surface area contributed by atoms with Gasteiger partial charge in [-0.3, -0.25) is 14.4 Å². The number of hydrogen-bond donors (Lipinski definition) is 5. The number of nitrogens with zero attached hydrogens (tertiary/aromatic N) is 1. The van der Waals surface area contributed by atoms with Gasteiger partial charge in [-0.05, 0) is 76.9 Å². The number of piperidine rings is 1. The summed E-state index contributed by atoms with van der Waals surface area (Å²) in [5.41, 5.74) is 5.16. The molecule has 2 amide bonds. The summed E-state index contributed by atoms with van der Waals surface area (Å²) in [5.74, 6) is -1.82. The summed E-state index contributed by atoms with van der Waals surface area (Å²) in [7, 11) is 1.98. The van der Waals surface area contributed by atoms with E-state index in [2.05, 4.69) is 15.5 Å². The van der Waals surface area contributed by atoms with Crippen LogP contribution in [0, 0.1) is 0 Å². The van der Waals surface area contributed by atoms with Crippen LogP contribution in [0.1, 0.15) is 63.5 Å². The van der Waals surface area contributed by atoms with Crippen molar-refractivity contribution in [3.8, 4) is 11.5 Å². The van der Waals surface area contributed by atoms with E-state index in [0.717, 1.165) is 11.1 Å². The van der Waals surface area contributed by atoms with Crippen LogP contribution in [-0.2, 0) is 40.5 Å². The van der Waals surface area contributed by atoms with Crippen LogP contribution in [0.25, 0.3) is 0 Å². The second-order valence-electron chi connectivity index (χ2n) is 12.2. The van der Waals surface area contributed by atoms with Crippen LogP contribution in [0.4, 0.5) is 0 Å². The normalized spacial score (nSPS) is 27.6. The first kappa shape index (κ1) is 31.7. The molecule has 1 unspecified atom stereocenters. The third-order valence-corrected chi connectivity index (χ3v) is 9.48. The topological polar surface area (TPSA) is 190 Å². The largest absolute Gasteiger partial charge is 0.504 e. The van der Waals surface area contributed by atoms with Crippen molar-refractivity contribution in [3.63, 3.8) is 0 Å². The number of benzene rings is 1. The SMILES string of the molecule is CC(=O)N[C@@H](CCCCN)C(=O)NCCC(=O)OC(C)C(=O)OC1=CC[C@@]2(O)[C@H]3Cc4ccc(O)c5c4[C@@]2(CCN3C)[C@H]1O5. The molecule has 1 fully saturated rings. The minimum absolute atomic E-state index is 0.0359. The molecule has 6 N–H and O–H groups in total. The molecule has 2 bridgehead atoms. The van der Waals surface area contributed by atoms with E-state index in [0.29, 0.717) is 50.9 Å². The van der Waals surface area contributed by atoms with Gasteiger partial charge in [-0.1, -0.05) is 6.07 Å². The van der Waals surface area contributed by atoms with Crippen molar-refractivity contribution in [2.45, 2.75) is 94.1 Å². The van der Waals surface area contributed by atoms with Crippen LogP contribution in [0.2, 0.25) is 0 Å². The first-order chi connectivity index (χ1) is 20.9. The lowest BCUT2D eigenvalue weighted by Crippen LogP contribution is -2.74. The number of carbonyl (C=O) groups is 4. The first-order valence-electron chi connectivity index (χ1n) is 15.2. The van der Waals surface area contributed by atoms with Gasteiger partial charge in [-0.2, -0.15) is 0 Å². The molecule has 240 valence electrons. The number of likely N-dealkylation sites (N-methyl/N-ethyl adjacent to an activating group) is 1. The molecule has 0 radical (unpaired) electrons. The Morgan fingerprint density at radius 3 is 2.75 bits per heavy atom. The molecule has 0 aromatic heterocycles. The molecule has 6 atom stereocenters. The van der Waals surface area contributed by atoms with Crippen molar-refractivity contribution in [1.82, 2.24) is 15.5 Å². The molecule has 0 saturated carbocycles. The molecule has 1 saturated heterocycles. The highest BCUT2D eigenvalue weighted by Gasteiger charge is 2.72. The fourth-order valence-corrected chi connectivity index (χ4v) is 7.36. The van der Waals surface area contributed by atoms with E-state index in [1.54, 1.807) is 12.1 Å². The Morgan fingerprint density at radius 1 is 1.25 bits per heavy atom. The first-order valence-corrected chi connectivity index (χ1v) is 15.2. The number of unbranched alkanes of at least 4 members (excludes halogenated alkanes) is 1. The molecule has 1 aromatic carbocycles. The molecular weight excluding hydrogens is 572 g/mol. The van der Waals surface area contributed by atoms with Gasteiger partial charge in [0.25, 0.3) is 0 Å². The summed E-state index contributed by atoms with van der Waals surface area (Å²) in [6.45, 7) is 3.83. The Morgan fingerprint density at radius 2 is 2.02 bits per heavy atom. The number of phenolic OH excluding ortho intramolecular Hbond substituents is 1. The highest BCUT2D eigenvalue weighted by molar-refractivity contribution is 5.87. The smallest absolute Gasteiger partial charge is 0.352 e. The maximum Gasteiger partial charge on any atom is 0.352 e. The summed E-state index contributed by atoms with van der Waals surface area (Å²) in [6, 6.07) is 2.53. The third kappa shape index (κ3) is 5.41. The fourth-order valence-electron chi connectivity index (χ4n) is 7.36. The Kier molecular flexibility index (Phi) is 8.92. The van der Waals surface area contributed by atoms with Crippen molar-refractivity contribution in [2.75, 3.05) is 26.7 Å². The van der Waals surface area contributed by atoms with E-state index < -0.39 is 47.1 Å². The molecule has 4 aliphatic rings. The molecule has 2 aliphatic carbocycles. The zero-order valence-electron chi connectivity index (χ0n) is 25.4. The number of phenols is 1. The second kappa shape index (κ2) is 12.4. The molecule has 2 heterocycles. The van der Waals surface area contributed by atoms with Crippen molar-refractivity contribution in [3.05, 3.63) is 35.1 Å². The molecule has 13 nitrogen and oxygen atoms in total. The van der Waals surface area contributed by atoms with Gasteiger partial charge in [0.2, 0.25) is 11.8 Å². The number of aliphatic hydroxyl groups is 1. The Labute approximate surface area is 256 Å². The Bertz CT molecular complexity index is 1370. The zero-order chi connectivity index (χ0) is 31.8. The number of rotatable bonds is 12. The summed E-state index contributed by atoms with van der Waals surface area (Å²) in [4.78, 5) is 51.7. The predicted octanol–water partition coefficient (Wildman–Crippen LogP) is 0.285. The standard InChI is InChI=1S/C31H42N4O9/c1-17(42-24(38)10-14-33-28(39)20(34-18(2)36)6-4-5-13-32)29(40)43-22-9-11-31(41)23-16-19-7-8-21(37)26-25(19)30(31,27(22)44-26)12-15-35(23)3/h7-9,17,20,23,27,37,41H,4-6,10-16,32H2,1-3H3,(H,33,39)(H,34,36)/t17?,20-,23+,27-,30-,31+/m0/s1. The number of aromatic hydroxyl groups is 1. The van der Waals surface area contributed by atoms with E-state index in [-0.39, 0.29) is 42.8 Å². The van der Waals surface area contributed by atoms with Crippen molar-refractivity contribution >= 4 is 23.8 Å². The van der Waals surface area contributed by atoms with Crippen LogP contribution < -0.4 is 21.1 Å². The minimum atomic E-state index is -1.26.